The second-order valence-electron chi connectivity index (χ2n) is 6.22. The monoisotopic (exact) mass is 430 g/mol. The Hall–Kier alpha value is -2.89. The Kier molecular flexibility index (Phi) is 5.79. The number of rotatable bonds is 6. The maximum absolute atomic E-state index is 12.4. The summed E-state index contributed by atoms with van der Waals surface area (Å²) < 4.78 is 22.3. The number of furan rings is 1. The largest absolute Gasteiger partial charge is 0.486 e. The van der Waals surface area contributed by atoms with E-state index in [1.54, 1.807) is 54.6 Å². The van der Waals surface area contributed by atoms with Gasteiger partial charge in [-0.05, 0) is 54.6 Å². The van der Waals surface area contributed by atoms with Crippen LogP contribution in [0.25, 0.3) is 6.08 Å². The molecule has 0 saturated heterocycles. The quantitative estimate of drug-likeness (QED) is 0.363. The molecule has 4 rings (SSSR count). The maximum Gasteiger partial charge on any atom is 0.186 e. The number of ketones is 1. The second-order valence-corrected chi connectivity index (χ2v) is 7.04. The van der Waals surface area contributed by atoms with E-state index in [9.17, 15) is 4.79 Å². The molecule has 29 heavy (non-hydrogen) atoms. The summed E-state index contributed by atoms with van der Waals surface area (Å²) >= 11 is 11.9. The summed E-state index contributed by atoms with van der Waals surface area (Å²) in [4.78, 5) is 12.4. The van der Waals surface area contributed by atoms with Gasteiger partial charge < -0.3 is 18.6 Å². The zero-order valence-electron chi connectivity index (χ0n) is 15.2. The fraction of sp³-hybridized carbons (Fsp3) is 0.136. The van der Waals surface area contributed by atoms with E-state index in [-0.39, 0.29) is 12.4 Å². The van der Waals surface area contributed by atoms with Crippen molar-refractivity contribution in [2.24, 2.45) is 0 Å². The first kappa shape index (κ1) is 19.4. The fourth-order valence-corrected chi connectivity index (χ4v) is 3.02. The van der Waals surface area contributed by atoms with Crippen LogP contribution in [-0.4, -0.2) is 19.0 Å². The molecule has 0 N–H and O–H groups in total. The number of allylic oxidation sites excluding steroid dienone is 1. The number of hydrogen-bond donors (Lipinski definition) is 0. The van der Waals surface area contributed by atoms with Gasteiger partial charge in [0, 0.05) is 11.6 Å². The lowest BCUT2D eigenvalue weighted by molar-refractivity contribution is 0.104. The normalized spacial score (nSPS) is 12.9. The van der Waals surface area contributed by atoms with Gasteiger partial charge in [0.05, 0.1) is 10.0 Å². The van der Waals surface area contributed by atoms with Crippen molar-refractivity contribution in [2.45, 2.75) is 6.61 Å². The third-order valence-corrected chi connectivity index (χ3v) is 4.92. The molecule has 0 aliphatic carbocycles. The topological polar surface area (TPSA) is 57.9 Å². The Morgan fingerprint density at radius 1 is 0.966 bits per heavy atom. The number of benzene rings is 2. The van der Waals surface area contributed by atoms with Gasteiger partial charge in [-0.1, -0.05) is 23.2 Å². The molecular formula is C22H16Cl2O5. The molecule has 0 amide bonds. The number of hydrogen-bond acceptors (Lipinski definition) is 5. The van der Waals surface area contributed by atoms with E-state index in [0.29, 0.717) is 57.6 Å². The number of halogens is 2. The molecule has 0 saturated carbocycles. The SMILES string of the molecule is O=C(/C=C/c1ccc(COc2ccc(Cl)c(Cl)c2)o1)c1ccc2c(c1)OCCO2. The Morgan fingerprint density at radius 3 is 2.62 bits per heavy atom. The second kappa shape index (κ2) is 8.64. The van der Waals surface area contributed by atoms with Crippen LogP contribution in [0.15, 0.2) is 59.0 Å². The molecule has 1 aliphatic rings. The predicted molar refractivity (Wildman–Crippen MR) is 110 cm³/mol. The van der Waals surface area contributed by atoms with Crippen LogP contribution in [0, 0.1) is 0 Å². The highest BCUT2D eigenvalue weighted by atomic mass is 35.5. The van der Waals surface area contributed by atoms with Gasteiger partial charge >= 0.3 is 0 Å². The molecule has 5 nitrogen and oxygen atoms in total. The highest BCUT2D eigenvalue weighted by molar-refractivity contribution is 6.42. The minimum atomic E-state index is -0.160. The molecule has 1 aliphatic heterocycles. The average molecular weight is 431 g/mol. The van der Waals surface area contributed by atoms with E-state index in [1.807, 2.05) is 0 Å². The Morgan fingerprint density at radius 2 is 1.79 bits per heavy atom. The van der Waals surface area contributed by atoms with Crippen LogP contribution < -0.4 is 14.2 Å². The standard InChI is InChI=1S/C22H16Cl2O5/c23-18-6-4-16(12-19(18)24)28-13-17-3-2-15(29-17)5-7-20(25)14-1-8-21-22(11-14)27-10-9-26-21/h1-8,11-12H,9-10,13H2/b7-5+. The Bertz CT molecular complexity index is 1070. The molecule has 2 aromatic carbocycles. The molecule has 3 aromatic rings. The summed E-state index contributed by atoms with van der Waals surface area (Å²) in [5, 5.41) is 0.886. The molecule has 0 unspecified atom stereocenters. The molecule has 0 fully saturated rings. The first-order valence-electron chi connectivity index (χ1n) is 8.87. The van der Waals surface area contributed by atoms with Crippen LogP contribution in [0.1, 0.15) is 21.9 Å². The maximum atomic E-state index is 12.4. The number of fused-ring (bicyclic) bond motifs is 1. The zero-order chi connectivity index (χ0) is 20.2. The number of ether oxygens (including phenoxy) is 3. The van der Waals surface area contributed by atoms with Gasteiger partial charge in [0.2, 0.25) is 0 Å². The minimum Gasteiger partial charge on any atom is -0.486 e. The molecule has 2 heterocycles. The zero-order valence-corrected chi connectivity index (χ0v) is 16.7. The van der Waals surface area contributed by atoms with Crippen LogP contribution in [0.2, 0.25) is 10.0 Å². The van der Waals surface area contributed by atoms with Crippen LogP contribution in [-0.2, 0) is 6.61 Å². The molecule has 7 heteroatoms. The molecule has 148 valence electrons. The van der Waals surface area contributed by atoms with Crippen molar-refractivity contribution in [1.29, 1.82) is 0 Å². The molecule has 1 aromatic heterocycles. The van der Waals surface area contributed by atoms with E-state index < -0.39 is 0 Å². The van der Waals surface area contributed by atoms with E-state index >= 15 is 0 Å². The fourth-order valence-electron chi connectivity index (χ4n) is 2.73. The first-order valence-corrected chi connectivity index (χ1v) is 9.63. The van der Waals surface area contributed by atoms with Crippen LogP contribution in [0.5, 0.6) is 17.2 Å². The lowest BCUT2D eigenvalue weighted by atomic mass is 10.1. The van der Waals surface area contributed by atoms with Gasteiger partial charge in [-0.2, -0.15) is 0 Å². The summed E-state index contributed by atoms with van der Waals surface area (Å²) in [6.45, 7) is 1.21. The lowest BCUT2D eigenvalue weighted by Gasteiger charge is -2.18. The summed E-state index contributed by atoms with van der Waals surface area (Å²) in [6.07, 6.45) is 3.07. The van der Waals surface area contributed by atoms with E-state index in [4.69, 9.17) is 41.8 Å². The highest BCUT2D eigenvalue weighted by Crippen LogP contribution is 2.31. The van der Waals surface area contributed by atoms with Crippen molar-refractivity contribution in [1.82, 2.24) is 0 Å². The van der Waals surface area contributed by atoms with E-state index in [2.05, 4.69) is 0 Å². The van der Waals surface area contributed by atoms with E-state index in [1.165, 1.54) is 6.08 Å². The van der Waals surface area contributed by atoms with Crippen molar-refractivity contribution < 1.29 is 23.4 Å². The van der Waals surface area contributed by atoms with Crippen molar-refractivity contribution >= 4 is 35.1 Å². The van der Waals surface area contributed by atoms with Gasteiger partial charge in [-0.3, -0.25) is 4.79 Å². The summed E-state index contributed by atoms with van der Waals surface area (Å²) in [5.41, 5.74) is 0.514. The van der Waals surface area contributed by atoms with Gasteiger partial charge in [0.1, 0.15) is 37.1 Å². The minimum absolute atomic E-state index is 0.160. The summed E-state index contributed by atoms with van der Waals surface area (Å²) in [7, 11) is 0. The van der Waals surface area contributed by atoms with Crippen molar-refractivity contribution in [3.05, 3.63) is 81.7 Å². The number of carbonyl (C=O) groups is 1. The smallest absolute Gasteiger partial charge is 0.186 e. The third kappa shape index (κ3) is 4.75. The molecule has 0 atom stereocenters. The average Bonchev–Trinajstić information content (AvgIpc) is 3.20. The molecule has 0 spiro atoms. The summed E-state index contributed by atoms with van der Waals surface area (Å²) in [5.74, 6) is 2.81. The first-order chi connectivity index (χ1) is 14.1. The lowest BCUT2D eigenvalue weighted by Crippen LogP contribution is -2.15. The van der Waals surface area contributed by atoms with Gasteiger partial charge in [-0.25, -0.2) is 0 Å². The van der Waals surface area contributed by atoms with Crippen LogP contribution >= 0.6 is 23.2 Å². The highest BCUT2D eigenvalue weighted by Gasteiger charge is 2.14. The third-order valence-electron chi connectivity index (χ3n) is 4.18. The predicted octanol–water partition coefficient (Wildman–Crippen LogP) is 5.83. The molecule has 0 bridgehead atoms. The molecular weight excluding hydrogens is 415 g/mol. The van der Waals surface area contributed by atoms with Crippen molar-refractivity contribution in [2.75, 3.05) is 13.2 Å². The van der Waals surface area contributed by atoms with Gasteiger partial charge in [0.15, 0.2) is 17.3 Å². The van der Waals surface area contributed by atoms with E-state index in [0.717, 1.165) is 0 Å². The van der Waals surface area contributed by atoms with Gasteiger partial charge in [-0.15, -0.1) is 0 Å². The van der Waals surface area contributed by atoms with Crippen molar-refractivity contribution in [3.8, 4) is 17.2 Å². The van der Waals surface area contributed by atoms with Gasteiger partial charge in [0.25, 0.3) is 0 Å². The number of carbonyl (C=O) groups excluding carboxylic acids is 1. The van der Waals surface area contributed by atoms with Crippen LogP contribution in [0.3, 0.4) is 0 Å². The van der Waals surface area contributed by atoms with Crippen molar-refractivity contribution in [3.63, 3.8) is 0 Å². The van der Waals surface area contributed by atoms with Crippen LogP contribution in [0.4, 0.5) is 0 Å². The Balaban J connectivity index is 1.37. The Labute approximate surface area is 177 Å². The molecule has 0 radical (unpaired) electrons. The summed E-state index contributed by atoms with van der Waals surface area (Å²) in [6, 6.07) is 13.7.